The van der Waals surface area contributed by atoms with Gasteiger partial charge in [-0.25, -0.2) is 4.39 Å². The number of ether oxygens (including phenoxy) is 1. The van der Waals surface area contributed by atoms with Crippen molar-refractivity contribution in [2.24, 2.45) is 11.8 Å². The van der Waals surface area contributed by atoms with Crippen LogP contribution in [0.2, 0.25) is 0 Å². The van der Waals surface area contributed by atoms with Crippen molar-refractivity contribution in [1.82, 2.24) is 10.2 Å². The van der Waals surface area contributed by atoms with Gasteiger partial charge in [-0.15, -0.1) is 0 Å². The van der Waals surface area contributed by atoms with Gasteiger partial charge in [-0.1, -0.05) is 26.0 Å². The van der Waals surface area contributed by atoms with Crippen LogP contribution < -0.4 is 10.2 Å². The number of rotatable bonds is 6. The number of morpholine rings is 1. The van der Waals surface area contributed by atoms with Gasteiger partial charge in [0.05, 0.1) is 24.3 Å². The lowest BCUT2D eigenvalue weighted by Gasteiger charge is -2.34. The largest absolute Gasteiger partial charge is 0.374 e. The van der Waals surface area contributed by atoms with E-state index >= 15 is 0 Å². The van der Waals surface area contributed by atoms with Gasteiger partial charge in [0.1, 0.15) is 5.82 Å². The van der Waals surface area contributed by atoms with E-state index in [0.29, 0.717) is 19.1 Å². The molecule has 6 nitrogen and oxygen atoms in total. The predicted molar refractivity (Wildman–Crippen MR) is 101 cm³/mol. The second-order valence-corrected chi connectivity index (χ2v) is 7.75. The van der Waals surface area contributed by atoms with Crippen molar-refractivity contribution in [3.63, 3.8) is 0 Å². The molecule has 2 amide bonds. The number of nitrogens with one attached hydrogen (secondary N) is 1. The fourth-order valence-corrected chi connectivity index (χ4v) is 3.73. The van der Waals surface area contributed by atoms with Crippen LogP contribution in [0.15, 0.2) is 24.3 Å². The molecule has 0 aromatic heterocycles. The van der Waals surface area contributed by atoms with E-state index in [4.69, 9.17) is 4.74 Å². The number of hydrogen-bond acceptors (Lipinski definition) is 4. The fraction of sp³-hybridized carbons (Fsp3) is 0.600. The smallest absolute Gasteiger partial charge is 0.227 e. The number of hydrogen-bond donors (Lipinski definition) is 1. The van der Waals surface area contributed by atoms with Gasteiger partial charge in [0.25, 0.3) is 0 Å². The van der Waals surface area contributed by atoms with Crippen LogP contribution in [-0.2, 0) is 14.3 Å². The quantitative estimate of drug-likeness (QED) is 0.819. The second kappa shape index (κ2) is 8.80. The van der Waals surface area contributed by atoms with Crippen LogP contribution in [0.3, 0.4) is 0 Å². The van der Waals surface area contributed by atoms with Crippen molar-refractivity contribution in [2.75, 3.05) is 44.2 Å². The predicted octanol–water partition coefficient (Wildman–Crippen LogP) is 1.65. The first-order valence-corrected chi connectivity index (χ1v) is 9.60. The molecule has 2 fully saturated rings. The van der Waals surface area contributed by atoms with Gasteiger partial charge in [0.2, 0.25) is 11.8 Å². The van der Waals surface area contributed by atoms with Crippen LogP contribution in [0.1, 0.15) is 20.3 Å². The van der Waals surface area contributed by atoms with Crippen molar-refractivity contribution in [1.29, 1.82) is 0 Å². The summed E-state index contributed by atoms with van der Waals surface area (Å²) in [6, 6.07) is 6.14. The third-order valence-corrected chi connectivity index (χ3v) is 4.99. The molecule has 2 aliphatic heterocycles. The number of amides is 2. The molecule has 1 N–H and O–H groups in total. The zero-order chi connectivity index (χ0) is 19.4. The number of halogens is 1. The molecule has 2 saturated heterocycles. The molecule has 2 heterocycles. The summed E-state index contributed by atoms with van der Waals surface area (Å²) >= 11 is 0. The molecule has 0 aliphatic carbocycles. The summed E-state index contributed by atoms with van der Waals surface area (Å²) in [4.78, 5) is 28.5. The summed E-state index contributed by atoms with van der Waals surface area (Å²) in [7, 11) is 0. The maximum absolute atomic E-state index is 13.9. The molecule has 0 radical (unpaired) electrons. The Labute approximate surface area is 159 Å². The van der Waals surface area contributed by atoms with Crippen LogP contribution in [0.25, 0.3) is 0 Å². The minimum Gasteiger partial charge on any atom is -0.374 e. The molecule has 0 bridgehead atoms. The first-order chi connectivity index (χ1) is 12.9. The van der Waals surface area contributed by atoms with Gasteiger partial charge in [-0.05, 0) is 18.1 Å². The molecule has 1 aromatic rings. The molecule has 2 aliphatic rings. The number of nitrogens with zero attached hydrogens (tertiary/aromatic N) is 2. The Morgan fingerprint density at radius 3 is 2.85 bits per heavy atom. The molecule has 148 valence electrons. The van der Waals surface area contributed by atoms with E-state index in [1.807, 2.05) is 0 Å². The Balaban J connectivity index is 1.50. The van der Waals surface area contributed by atoms with Gasteiger partial charge in [-0.2, -0.15) is 0 Å². The Kier molecular flexibility index (Phi) is 6.44. The van der Waals surface area contributed by atoms with E-state index in [2.05, 4.69) is 24.1 Å². The van der Waals surface area contributed by atoms with Crippen molar-refractivity contribution in [3.8, 4) is 0 Å². The monoisotopic (exact) mass is 377 g/mol. The highest BCUT2D eigenvalue weighted by atomic mass is 19.1. The van der Waals surface area contributed by atoms with Gasteiger partial charge in [0, 0.05) is 39.1 Å². The highest BCUT2D eigenvalue weighted by Crippen LogP contribution is 2.27. The number of benzene rings is 1. The highest BCUT2D eigenvalue weighted by molar-refractivity contribution is 6.00. The molecule has 2 unspecified atom stereocenters. The maximum atomic E-state index is 13.9. The van der Waals surface area contributed by atoms with E-state index in [1.54, 1.807) is 18.2 Å². The Morgan fingerprint density at radius 1 is 1.33 bits per heavy atom. The lowest BCUT2D eigenvalue weighted by atomic mass is 10.1. The topological polar surface area (TPSA) is 61.9 Å². The third kappa shape index (κ3) is 5.05. The Hall–Kier alpha value is -1.99. The van der Waals surface area contributed by atoms with Gasteiger partial charge < -0.3 is 15.0 Å². The summed E-state index contributed by atoms with van der Waals surface area (Å²) in [5, 5.41) is 2.91. The number of carbonyl (C=O) groups is 2. The Bertz CT molecular complexity index is 682. The van der Waals surface area contributed by atoms with Gasteiger partial charge in [-0.3, -0.25) is 14.5 Å². The van der Waals surface area contributed by atoms with Crippen LogP contribution in [-0.4, -0.2) is 62.1 Å². The van der Waals surface area contributed by atoms with Crippen LogP contribution in [0, 0.1) is 17.7 Å². The second-order valence-electron chi connectivity index (χ2n) is 7.75. The Morgan fingerprint density at radius 2 is 2.11 bits per heavy atom. The summed E-state index contributed by atoms with van der Waals surface area (Å²) in [6.07, 6.45) is 0.0618. The van der Waals surface area contributed by atoms with Crippen LogP contribution in [0.4, 0.5) is 10.1 Å². The molecule has 27 heavy (non-hydrogen) atoms. The van der Waals surface area contributed by atoms with Crippen LogP contribution >= 0.6 is 0 Å². The van der Waals surface area contributed by atoms with Crippen LogP contribution in [0.5, 0.6) is 0 Å². The minimum absolute atomic E-state index is 0.0405. The molecule has 0 saturated carbocycles. The number of carbonyl (C=O) groups excluding carboxylic acids is 2. The molecule has 0 spiro atoms. The lowest BCUT2D eigenvalue weighted by Crippen LogP contribution is -2.49. The average Bonchev–Trinajstić information content (AvgIpc) is 3.01. The fourth-order valence-electron chi connectivity index (χ4n) is 3.73. The molecular formula is C20H28FN3O3. The van der Waals surface area contributed by atoms with E-state index in [-0.39, 0.29) is 36.6 Å². The standard InChI is InChI=1S/C20H28FN3O3/c1-14(2)11-23-7-8-27-16(13-23)10-22-20(26)15-9-19(25)24(12-15)18-6-4-3-5-17(18)21/h3-6,14-16H,7-13H2,1-2H3,(H,22,26). The first-order valence-electron chi connectivity index (χ1n) is 9.60. The van der Waals surface area contributed by atoms with E-state index in [9.17, 15) is 14.0 Å². The number of para-hydroxylation sites is 1. The number of anilines is 1. The maximum Gasteiger partial charge on any atom is 0.227 e. The first kappa shape index (κ1) is 19.8. The average molecular weight is 377 g/mol. The zero-order valence-electron chi connectivity index (χ0n) is 16.0. The normalized spacial score (nSPS) is 23.9. The molecule has 7 heteroatoms. The summed E-state index contributed by atoms with van der Waals surface area (Å²) in [5.41, 5.74) is 0.234. The molecule has 3 rings (SSSR count). The van der Waals surface area contributed by atoms with Crippen molar-refractivity contribution < 1.29 is 18.7 Å². The van der Waals surface area contributed by atoms with E-state index in [1.165, 1.54) is 11.0 Å². The summed E-state index contributed by atoms with van der Waals surface area (Å²) in [5.74, 6) is -0.725. The van der Waals surface area contributed by atoms with E-state index < -0.39 is 11.7 Å². The summed E-state index contributed by atoms with van der Waals surface area (Å²) < 4.78 is 19.7. The zero-order valence-corrected chi connectivity index (χ0v) is 16.0. The third-order valence-electron chi connectivity index (χ3n) is 4.99. The SMILES string of the molecule is CC(C)CN1CCOC(CNC(=O)C2CC(=O)N(c3ccccc3F)C2)C1. The van der Waals surface area contributed by atoms with Crippen molar-refractivity contribution in [3.05, 3.63) is 30.1 Å². The molecule has 2 atom stereocenters. The van der Waals surface area contributed by atoms with Gasteiger partial charge in [0.15, 0.2) is 0 Å². The lowest BCUT2D eigenvalue weighted by molar-refractivity contribution is -0.127. The summed E-state index contributed by atoms with van der Waals surface area (Å²) in [6.45, 7) is 8.39. The van der Waals surface area contributed by atoms with Crippen molar-refractivity contribution in [2.45, 2.75) is 26.4 Å². The molecule has 1 aromatic carbocycles. The highest BCUT2D eigenvalue weighted by Gasteiger charge is 2.36. The van der Waals surface area contributed by atoms with Gasteiger partial charge >= 0.3 is 0 Å². The van der Waals surface area contributed by atoms with E-state index in [0.717, 1.165) is 19.6 Å². The minimum atomic E-state index is -0.465. The molecular weight excluding hydrogens is 349 g/mol. The van der Waals surface area contributed by atoms with Crippen molar-refractivity contribution >= 4 is 17.5 Å².